The lowest BCUT2D eigenvalue weighted by Gasteiger charge is -2.20. The first-order valence-corrected chi connectivity index (χ1v) is 7.98. The number of benzene rings is 2. The van der Waals surface area contributed by atoms with Crippen molar-refractivity contribution in [3.05, 3.63) is 41.5 Å². The monoisotopic (exact) mass is 347 g/mol. The second-order valence-corrected chi connectivity index (χ2v) is 5.96. The molecular weight excluding hydrogens is 329 g/mol. The van der Waals surface area contributed by atoms with Gasteiger partial charge in [0.05, 0.1) is 7.11 Å². The number of alkyl halides is 1. The van der Waals surface area contributed by atoms with Gasteiger partial charge in [0.1, 0.15) is 11.9 Å². The first kappa shape index (κ1) is 15.8. The van der Waals surface area contributed by atoms with Gasteiger partial charge in [-0.25, -0.2) is 4.39 Å². The molecule has 0 aliphatic carbocycles. The minimum atomic E-state index is -1.19. The van der Waals surface area contributed by atoms with Crippen LogP contribution in [0.3, 0.4) is 0 Å². The third-order valence-corrected chi connectivity index (χ3v) is 4.34. The van der Waals surface area contributed by atoms with Gasteiger partial charge in [-0.1, -0.05) is 6.07 Å². The second-order valence-electron chi connectivity index (χ2n) is 5.96. The SMILES string of the molecule is COc1cc2ooc2cc1CNC(C)C(F)c1ccc2c(c1)OCO2. The molecule has 0 fully saturated rings. The van der Waals surface area contributed by atoms with Crippen LogP contribution in [0.15, 0.2) is 39.5 Å². The van der Waals surface area contributed by atoms with Crippen molar-refractivity contribution < 1.29 is 27.8 Å². The average Bonchev–Trinajstić information content (AvgIpc) is 3.08. The predicted octanol–water partition coefficient (Wildman–Crippen LogP) is 3.95. The van der Waals surface area contributed by atoms with Gasteiger partial charge < -0.3 is 19.5 Å². The Morgan fingerprint density at radius 3 is 2.64 bits per heavy atom. The molecule has 0 saturated heterocycles. The smallest absolute Gasteiger partial charge is 0.231 e. The summed E-state index contributed by atoms with van der Waals surface area (Å²) in [7, 11) is 1.58. The lowest BCUT2D eigenvalue weighted by atomic mass is 10.0. The summed E-state index contributed by atoms with van der Waals surface area (Å²) in [6.07, 6.45) is -1.19. The molecule has 0 amide bonds. The quantitative estimate of drug-likeness (QED) is 0.681. The molecule has 1 N–H and O–H groups in total. The maximum absolute atomic E-state index is 14.8. The molecule has 2 atom stereocenters. The normalized spacial score (nSPS) is 15.5. The van der Waals surface area contributed by atoms with Crippen molar-refractivity contribution in [2.45, 2.75) is 25.7 Å². The maximum atomic E-state index is 14.8. The third kappa shape index (κ3) is 2.91. The van der Waals surface area contributed by atoms with Crippen molar-refractivity contribution in [1.29, 1.82) is 0 Å². The van der Waals surface area contributed by atoms with Gasteiger partial charge in [-0.15, -0.1) is 0 Å². The van der Waals surface area contributed by atoms with Gasteiger partial charge >= 0.3 is 0 Å². The van der Waals surface area contributed by atoms with E-state index in [9.17, 15) is 4.39 Å². The van der Waals surface area contributed by atoms with Gasteiger partial charge in [0, 0.05) is 24.2 Å². The summed E-state index contributed by atoms with van der Waals surface area (Å²) >= 11 is 0. The first-order chi connectivity index (χ1) is 12.2. The molecule has 25 heavy (non-hydrogen) atoms. The molecule has 4 rings (SSSR count). The fourth-order valence-corrected chi connectivity index (χ4v) is 2.85. The lowest BCUT2D eigenvalue weighted by Crippen LogP contribution is -2.30. The molecule has 0 spiro atoms. The van der Waals surface area contributed by atoms with E-state index in [-0.39, 0.29) is 6.79 Å². The fraction of sp³-hybridized carbons (Fsp3) is 0.333. The van der Waals surface area contributed by atoms with Crippen LogP contribution in [0.25, 0.3) is 11.2 Å². The zero-order valence-electron chi connectivity index (χ0n) is 13.9. The molecule has 0 radical (unpaired) electrons. The molecule has 1 aliphatic heterocycles. The van der Waals surface area contributed by atoms with Crippen LogP contribution < -0.4 is 19.5 Å². The summed E-state index contributed by atoms with van der Waals surface area (Å²) < 4.78 is 40.5. The van der Waals surface area contributed by atoms with Crippen LogP contribution in [0.1, 0.15) is 24.2 Å². The molecule has 7 heteroatoms. The van der Waals surface area contributed by atoms with E-state index in [0.29, 0.717) is 40.5 Å². The van der Waals surface area contributed by atoms with Crippen LogP contribution in [-0.2, 0) is 6.54 Å². The summed E-state index contributed by atoms with van der Waals surface area (Å²) in [6.45, 7) is 2.40. The van der Waals surface area contributed by atoms with Crippen molar-refractivity contribution in [2.75, 3.05) is 13.9 Å². The molecule has 2 heterocycles. The summed E-state index contributed by atoms with van der Waals surface area (Å²) in [6, 6.07) is 8.30. The van der Waals surface area contributed by atoms with Crippen LogP contribution >= 0.6 is 0 Å². The highest BCUT2D eigenvalue weighted by Crippen LogP contribution is 2.36. The molecular formula is C18H18FNO5. The molecule has 132 valence electrons. The van der Waals surface area contributed by atoms with E-state index in [2.05, 4.69) is 5.32 Å². The topological polar surface area (TPSA) is 66.0 Å². The van der Waals surface area contributed by atoms with Crippen molar-refractivity contribution in [2.24, 2.45) is 0 Å². The first-order valence-electron chi connectivity index (χ1n) is 7.98. The fourth-order valence-electron chi connectivity index (χ4n) is 2.85. The zero-order chi connectivity index (χ0) is 17.4. The summed E-state index contributed by atoms with van der Waals surface area (Å²) in [5.41, 5.74) is 2.70. The Balaban J connectivity index is 1.45. The zero-order valence-corrected chi connectivity index (χ0v) is 13.9. The molecule has 6 nitrogen and oxygen atoms in total. The van der Waals surface area contributed by atoms with Gasteiger partial charge in [0.2, 0.25) is 18.0 Å². The number of methoxy groups -OCH3 is 1. The highest BCUT2D eigenvalue weighted by Gasteiger charge is 2.22. The number of hydrogen-bond donors (Lipinski definition) is 1. The third-order valence-electron chi connectivity index (χ3n) is 4.34. The number of fused-ring (bicyclic) bond motifs is 2. The van der Waals surface area contributed by atoms with E-state index in [1.807, 2.05) is 6.07 Å². The van der Waals surface area contributed by atoms with Gasteiger partial charge in [0.15, 0.2) is 11.5 Å². The van der Waals surface area contributed by atoms with Gasteiger partial charge in [-0.3, -0.25) is 9.15 Å². The van der Waals surface area contributed by atoms with E-state index >= 15 is 0 Å². The van der Waals surface area contributed by atoms with Crippen LogP contribution in [-0.4, -0.2) is 19.9 Å². The molecule has 0 saturated carbocycles. The molecule has 1 aromatic heterocycles. The summed E-state index contributed by atoms with van der Waals surface area (Å²) in [4.78, 5) is 0. The second kappa shape index (κ2) is 6.33. The van der Waals surface area contributed by atoms with Crippen LogP contribution in [0.2, 0.25) is 0 Å². The summed E-state index contributed by atoms with van der Waals surface area (Å²) in [5, 5.41) is 3.19. The van der Waals surface area contributed by atoms with Crippen molar-refractivity contribution in [1.82, 2.24) is 5.32 Å². The lowest BCUT2D eigenvalue weighted by molar-refractivity contribution is 0.0585. The van der Waals surface area contributed by atoms with Crippen molar-refractivity contribution in [3.8, 4) is 17.2 Å². The average molecular weight is 347 g/mol. The van der Waals surface area contributed by atoms with E-state index in [1.54, 1.807) is 38.3 Å². The summed E-state index contributed by atoms with van der Waals surface area (Å²) in [5.74, 6) is 1.89. The van der Waals surface area contributed by atoms with Crippen LogP contribution in [0, 0.1) is 0 Å². The van der Waals surface area contributed by atoms with Crippen LogP contribution in [0.5, 0.6) is 17.2 Å². The molecule has 3 aromatic rings. The highest BCUT2D eigenvalue weighted by atomic mass is 19.1. The van der Waals surface area contributed by atoms with Gasteiger partial charge in [-0.2, -0.15) is 0 Å². The number of rotatable bonds is 6. The predicted molar refractivity (Wildman–Crippen MR) is 87.7 cm³/mol. The van der Waals surface area contributed by atoms with Crippen molar-refractivity contribution >= 4 is 11.2 Å². The Kier molecular flexibility index (Phi) is 4.01. The molecule has 1 aliphatic rings. The van der Waals surface area contributed by atoms with E-state index in [0.717, 1.165) is 5.56 Å². The number of ether oxygens (including phenoxy) is 3. The molecule has 2 aromatic carbocycles. The van der Waals surface area contributed by atoms with Crippen molar-refractivity contribution in [3.63, 3.8) is 0 Å². The number of nitrogens with one attached hydrogen (secondary N) is 1. The number of hydrogen-bond acceptors (Lipinski definition) is 6. The largest absolute Gasteiger partial charge is 0.496 e. The van der Waals surface area contributed by atoms with E-state index in [1.165, 1.54) is 0 Å². The highest BCUT2D eigenvalue weighted by molar-refractivity contribution is 5.74. The Morgan fingerprint density at radius 2 is 1.88 bits per heavy atom. The Morgan fingerprint density at radius 1 is 1.12 bits per heavy atom. The molecule has 0 bridgehead atoms. The minimum Gasteiger partial charge on any atom is -0.496 e. The van der Waals surface area contributed by atoms with Gasteiger partial charge in [-0.05, 0) is 30.7 Å². The minimum absolute atomic E-state index is 0.174. The maximum Gasteiger partial charge on any atom is 0.231 e. The standard InChI is InChI=1S/C18H18FNO5/c1-10(18(19)11-3-4-13-15(5-11)23-9-22-13)20-8-12-6-16-17(25-24-16)7-14(12)21-2/h3-7,10,18,20H,8-9H2,1-2H3. The van der Waals surface area contributed by atoms with Gasteiger partial charge in [0.25, 0.3) is 0 Å². The Labute approximate surface area is 143 Å². The van der Waals surface area contributed by atoms with Crippen LogP contribution in [0.4, 0.5) is 4.39 Å². The Bertz CT molecular complexity index is 887. The van der Waals surface area contributed by atoms with E-state index < -0.39 is 12.2 Å². The number of halogens is 1. The molecule has 2 unspecified atom stereocenters. The Hall–Kier alpha value is -2.67. The van der Waals surface area contributed by atoms with E-state index in [4.69, 9.17) is 23.4 Å².